The normalized spacial score (nSPS) is 9.50. The van der Waals surface area contributed by atoms with Crippen LogP contribution in [-0.4, -0.2) is 16.2 Å². The first-order valence-corrected chi connectivity index (χ1v) is 3.90. The Morgan fingerprint density at radius 2 is 2.00 bits per heavy atom. The Morgan fingerprint density at radius 3 is 2.50 bits per heavy atom. The molecule has 0 aromatic heterocycles. The van der Waals surface area contributed by atoms with E-state index < -0.39 is 5.97 Å². The molecule has 0 fully saturated rings. The van der Waals surface area contributed by atoms with E-state index in [0.29, 0.717) is 5.56 Å². The molecule has 2 N–H and O–H groups in total. The van der Waals surface area contributed by atoms with Crippen LogP contribution >= 0.6 is 0 Å². The fourth-order valence-electron chi connectivity index (χ4n) is 0.929. The van der Waals surface area contributed by atoms with Gasteiger partial charge in [0, 0.05) is 12.5 Å². The van der Waals surface area contributed by atoms with Crippen molar-refractivity contribution in [3.8, 4) is 11.5 Å². The first-order valence-electron chi connectivity index (χ1n) is 3.90. The van der Waals surface area contributed by atoms with Crippen LogP contribution in [-0.2, 0) is 9.53 Å². The minimum Gasteiger partial charge on any atom is -0.504 e. The lowest BCUT2D eigenvalue weighted by Crippen LogP contribution is -1.96. The van der Waals surface area contributed by atoms with Crippen molar-refractivity contribution in [1.29, 1.82) is 0 Å². The summed E-state index contributed by atoms with van der Waals surface area (Å²) < 4.78 is 4.70. The fourth-order valence-corrected chi connectivity index (χ4v) is 0.929. The van der Waals surface area contributed by atoms with E-state index in [2.05, 4.69) is 6.58 Å². The largest absolute Gasteiger partial charge is 0.504 e. The van der Waals surface area contributed by atoms with Crippen LogP contribution in [0.2, 0.25) is 0 Å². The van der Waals surface area contributed by atoms with Gasteiger partial charge in [-0.3, -0.25) is 4.79 Å². The van der Waals surface area contributed by atoms with Crippen LogP contribution in [0.15, 0.2) is 24.8 Å². The lowest BCUT2D eigenvalue weighted by molar-refractivity contribution is -0.134. The standard InChI is InChI=1S/C10H10O4/c1-6(14-7(2)11)8-3-4-9(12)10(13)5-8/h3-5,12-13H,1H2,2H3. The number of hydrogen-bond acceptors (Lipinski definition) is 4. The average Bonchev–Trinajstić information content (AvgIpc) is 2.08. The van der Waals surface area contributed by atoms with Gasteiger partial charge >= 0.3 is 5.97 Å². The Bertz CT molecular complexity index is 382. The zero-order valence-corrected chi connectivity index (χ0v) is 7.65. The Labute approximate surface area is 81.1 Å². The van der Waals surface area contributed by atoms with Crippen molar-refractivity contribution in [1.82, 2.24) is 0 Å². The third-order valence-corrected chi connectivity index (χ3v) is 1.56. The van der Waals surface area contributed by atoms with E-state index in [0.717, 1.165) is 0 Å². The van der Waals surface area contributed by atoms with Crippen LogP contribution in [0.25, 0.3) is 5.76 Å². The average molecular weight is 194 g/mol. The van der Waals surface area contributed by atoms with Crippen molar-refractivity contribution in [2.45, 2.75) is 6.92 Å². The van der Waals surface area contributed by atoms with Gasteiger partial charge in [0.1, 0.15) is 5.76 Å². The van der Waals surface area contributed by atoms with Gasteiger partial charge in [0.15, 0.2) is 11.5 Å². The van der Waals surface area contributed by atoms with Gasteiger partial charge in [-0.2, -0.15) is 0 Å². The molecule has 0 saturated heterocycles. The van der Waals surface area contributed by atoms with Gasteiger partial charge in [0.05, 0.1) is 0 Å². The monoisotopic (exact) mass is 194 g/mol. The summed E-state index contributed by atoms with van der Waals surface area (Å²) in [6.07, 6.45) is 0. The molecule has 0 heterocycles. The summed E-state index contributed by atoms with van der Waals surface area (Å²) in [6.45, 7) is 4.76. The lowest BCUT2D eigenvalue weighted by atomic mass is 10.2. The maximum Gasteiger partial charge on any atom is 0.308 e. The molecule has 1 rings (SSSR count). The summed E-state index contributed by atoms with van der Waals surface area (Å²) in [4.78, 5) is 10.6. The molecule has 0 bridgehead atoms. The van der Waals surface area contributed by atoms with E-state index in [4.69, 9.17) is 14.9 Å². The third-order valence-electron chi connectivity index (χ3n) is 1.56. The molecule has 74 valence electrons. The van der Waals surface area contributed by atoms with Crippen molar-refractivity contribution in [3.05, 3.63) is 30.3 Å². The van der Waals surface area contributed by atoms with E-state index >= 15 is 0 Å². The molecule has 0 spiro atoms. The summed E-state index contributed by atoms with van der Waals surface area (Å²) in [6, 6.07) is 4.04. The van der Waals surface area contributed by atoms with Gasteiger partial charge in [-0.05, 0) is 18.2 Å². The Kier molecular flexibility index (Phi) is 2.76. The number of phenols is 2. The first-order chi connectivity index (χ1) is 6.50. The Balaban J connectivity index is 2.91. The molecule has 0 saturated carbocycles. The molecule has 1 aromatic rings. The minimum absolute atomic E-state index is 0.132. The van der Waals surface area contributed by atoms with Gasteiger partial charge < -0.3 is 14.9 Å². The van der Waals surface area contributed by atoms with Gasteiger partial charge in [-0.25, -0.2) is 0 Å². The highest BCUT2D eigenvalue weighted by molar-refractivity contribution is 5.75. The number of aromatic hydroxyl groups is 2. The summed E-state index contributed by atoms with van der Waals surface area (Å²) in [5.74, 6) is -0.865. The zero-order chi connectivity index (χ0) is 10.7. The van der Waals surface area contributed by atoms with Gasteiger partial charge in [0.2, 0.25) is 0 Å². The minimum atomic E-state index is -0.484. The quantitative estimate of drug-likeness (QED) is 0.426. The third kappa shape index (κ3) is 2.26. The molecule has 14 heavy (non-hydrogen) atoms. The van der Waals surface area contributed by atoms with Crippen LogP contribution in [0.4, 0.5) is 0 Å². The highest BCUT2D eigenvalue weighted by Crippen LogP contribution is 2.27. The molecule has 0 aliphatic rings. The number of phenolic OH excluding ortho intramolecular Hbond substituents is 2. The predicted octanol–water partition coefficient (Wildman–Crippen LogP) is 1.63. The molecule has 0 aliphatic heterocycles. The van der Waals surface area contributed by atoms with E-state index in [1.165, 1.54) is 25.1 Å². The number of rotatable bonds is 2. The Hall–Kier alpha value is -1.97. The molecule has 1 aromatic carbocycles. The fraction of sp³-hybridized carbons (Fsp3) is 0.100. The van der Waals surface area contributed by atoms with Crippen LogP contribution in [0, 0.1) is 0 Å². The van der Waals surface area contributed by atoms with Crippen LogP contribution < -0.4 is 0 Å². The second kappa shape index (κ2) is 3.83. The second-order valence-corrected chi connectivity index (χ2v) is 2.72. The smallest absolute Gasteiger partial charge is 0.308 e. The van der Waals surface area contributed by atoms with Crippen LogP contribution in [0.3, 0.4) is 0 Å². The van der Waals surface area contributed by atoms with Crippen molar-refractivity contribution in [2.75, 3.05) is 0 Å². The zero-order valence-electron chi connectivity index (χ0n) is 7.65. The molecule has 0 amide bonds. The second-order valence-electron chi connectivity index (χ2n) is 2.72. The van der Waals surface area contributed by atoms with Gasteiger partial charge in [-0.1, -0.05) is 6.58 Å². The molecule has 4 nitrogen and oxygen atoms in total. The van der Waals surface area contributed by atoms with Crippen molar-refractivity contribution in [2.24, 2.45) is 0 Å². The molecule has 0 unspecified atom stereocenters. The molecule has 0 radical (unpaired) electrons. The predicted molar refractivity (Wildman–Crippen MR) is 50.6 cm³/mol. The maximum absolute atomic E-state index is 10.6. The highest BCUT2D eigenvalue weighted by Gasteiger charge is 2.06. The summed E-state index contributed by atoms with van der Waals surface area (Å²) in [5, 5.41) is 18.2. The van der Waals surface area contributed by atoms with E-state index in [9.17, 15) is 4.79 Å². The molecule has 0 atom stereocenters. The highest BCUT2D eigenvalue weighted by atomic mass is 16.5. The summed E-state index contributed by atoms with van der Waals surface area (Å²) in [7, 11) is 0. The molecule has 0 aliphatic carbocycles. The number of carbonyl (C=O) groups excluding carboxylic acids is 1. The topological polar surface area (TPSA) is 66.8 Å². The summed E-state index contributed by atoms with van der Waals surface area (Å²) >= 11 is 0. The number of carbonyl (C=O) groups is 1. The first kappa shape index (κ1) is 10.1. The molecule has 4 heteroatoms. The van der Waals surface area contributed by atoms with Crippen LogP contribution in [0.1, 0.15) is 12.5 Å². The number of esters is 1. The van der Waals surface area contributed by atoms with E-state index in [1.54, 1.807) is 0 Å². The molecular weight excluding hydrogens is 184 g/mol. The van der Waals surface area contributed by atoms with Crippen molar-refractivity contribution < 1.29 is 19.7 Å². The van der Waals surface area contributed by atoms with Gasteiger partial charge in [-0.15, -0.1) is 0 Å². The van der Waals surface area contributed by atoms with Crippen molar-refractivity contribution in [3.63, 3.8) is 0 Å². The van der Waals surface area contributed by atoms with Gasteiger partial charge in [0.25, 0.3) is 0 Å². The summed E-state index contributed by atoms with van der Waals surface area (Å²) in [5.41, 5.74) is 0.440. The SMILES string of the molecule is C=C(OC(C)=O)c1ccc(O)c(O)c1. The van der Waals surface area contributed by atoms with E-state index in [1.807, 2.05) is 0 Å². The lowest BCUT2D eigenvalue weighted by Gasteiger charge is -2.06. The molecular formula is C10H10O4. The number of benzene rings is 1. The number of hydrogen-bond donors (Lipinski definition) is 2. The van der Waals surface area contributed by atoms with Crippen molar-refractivity contribution >= 4 is 11.7 Å². The van der Waals surface area contributed by atoms with E-state index in [-0.39, 0.29) is 17.3 Å². The Morgan fingerprint density at radius 1 is 1.36 bits per heavy atom. The van der Waals surface area contributed by atoms with Crippen LogP contribution in [0.5, 0.6) is 11.5 Å². The maximum atomic E-state index is 10.6. The number of ether oxygens (including phenoxy) is 1.